The van der Waals surface area contributed by atoms with Gasteiger partial charge in [-0.1, -0.05) is 13.3 Å². The van der Waals surface area contributed by atoms with Crippen LogP contribution in [0.1, 0.15) is 67.7 Å². The number of rotatable bonds is 3. The molecule has 2 saturated heterocycles. The molecule has 6 heterocycles. The average molecular weight is 573 g/mol. The largest absolute Gasteiger partial charge is 0.458 e. The summed E-state index contributed by atoms with van der Waals surface area (Å²) in [6.07, 6.45) is 5.57. The molecule has 3 aromatic rings. The molecule has 1 atom stereocenters. The number of cyclic esters (lactones) is 1. The number of piperidine rings is 2. The van der Waals surface area contributed by atoms with E-state index in [2.05, 4.69) is 4.90 Å². The predicted molar refractivity (Wildman–Crippen MR) is 155 cm³/mol. The maximum Gasteiger partial charge on any atom is 0.415 e. The zero-order chi connectivity index (χ0) is 29.2. The zero-order valence-corrected chi connectivity index (χ0v) is 24.1. The van der Waals surface area contributed by atoms with E-state index in [1.54, 1.807) is 28.5 Å². The van der Waals surface area contributed by atoms with Gasteiger partial charge >= 0.3 is 12.1 Å². The number of benzene rings is 1. The number of pyridine rings is 2. The third-order valence-electron chi connectivity index (χ3n) is 9.78. The Hall–Kier alpha value is -3.76. The SMILES string of the molecule is CCC1(O)C(=O)OCc2c1cc1n(c2=O)Cc2c-1nc1ccc(OC(=O)N3CCC(N4CCCCC4)CC3)cc1c2C. The molecule has 0 saturated carbocycles. The summed E-state index contributed by atoms with van der Waals surface area (Å²) >= 11 is 0. The number of nitrogens with zero attached hydrogens (tertiary/aromatic N) is 4. The molecule has 1 amide bonds. The first-order valence-electron chi connectivity index (χ1n) is 15.1. The lowest BCUT2D eigenvalue weighted by atomic mass is 9.86. The molecule has 1 aromatic carbocycles. The van der Waals surface area contributed by atoms with E-state index in [9.17, 15) is 19.5 Å². The van der Waals surface area contributed by atoms with Gasteiger partial charge in [-0.25, -0.2) is 14.6 Å². The maximum absolute atomic E-state index is 13.5. The first-order valence-corrected chi connectivity index (χ1v) is 15.1. The number of aryl methyl sites for hydroxylation is 1. The summed E-state index contributed by atoms with van der Waals surface area (Å²) < 4.78 is 12.6. The van der Waals surface area contributed by atoms with Crippen LogP contribution in [0.5, 0.6) is 5.75 Å². The lowest BCUT2D eigenvalue weighted by Gasteiger charge is -2.39. The van der Waals surface area contributed by atoms with Gasteiger partial charge in [-0.2, -0.15) is 0 Å². The molecule has 42 heavy (non-hydrogen) atoms. The Balaban J connectivity index is 1.14. The van der Waals surface area contributed by atoms with Crippen molar-refractivity contribution >= 4 is 23.0 Å². The maximum atomic E-state index is 13.5. The molecule has 2 aromatic heterocycles. The first kappa shape index (κ1) is 27.1. The number of carbonyl (C=O) groups excluding carboxylic acids is 2. The smallest absolute Gasteiger partial charge is 0.415 e. The minimum absolute atomic E-state index is 0.0940. The van der Waals surface area contributed by atoms with Gasteiger partial charge in [0, 0.05) is 35.6 Å². The van der Waals surface area contributed by atoms with Gasteiger partial charge in [-0.15, -0.1) is 0 Å². The number of likely N-dealkylation sites (tertiary alicyclic amines) is 2. The standard InChI is InChI=1S/C32H36N4O6/c1-3-32(40)25-16-27-28-23(17-36(27)29(37)24(25)18-41-30(32)38)19(2)22-15-21(7-8-26(22)33-28)42-31(39)35-13-9-20(10-14-35)34-11-5-4-6-12-34/h7-8,15-16,20,40H,3-6,9-14,17-18H2,1-2H3. The Morgan fingerprint density at radius 3 is 2.60 bits per heavy atom. The monoisotopic (exact) mass is 572 g/mol. The molecular weight excluding hydrogens is 536 g/mol. The van der Waals surface area contributed by atoms with Gasteiger partial charge in [-0.3, -0.25) is 4.79 Å². The summed E-state index contributed by atoms with van der Waals surface area (Å²) in [4.78, 5) is 48.3. The lowest BCUT2D eigenvalue weighted by molar-refractivity contribution is -0.172. The number of carbonyl (C=O) groups is 2. The Bertz CT molecular complexity index is 1670. The number of hydrogen-bond acceptors (Lipinski definition) is 8. The summed E-state index contributed by atoms with van der Waals surface area (Å²) in [5.41, 5.74) is 2.20. The number of aliphatic hydroxyl groups is 1. The Labute approximate surface area is 243 Å². The number of ether oxygens (including phenoxy) is 2. The van der Waals surface area contributed by atoms with Crippen molar-refractivity contribution in [2.24, 2.45) is 0 Å². The van der Waals surface area contributed by atoms with Crippen molar-refractivity contribution in [2.75, 3.05) is 26.2 Å². The summed E-state index contributed by atoms with van der Waals surface area (Å²) in [6.45, 7) is 7.55. The predicted octanol–water partition coefficient (Wildman–Crippen LogP) is 3.84. The van der Waals surface area contributed by atoms with Crippen LogP contribution in [0.2, 0.25) is 0 Å². The van der Waals surface area contributed by atoms with Crippen molar-refractivity contribution in [3.63, 3.8) is 0 Å². The van der Waals surface area contributed by atoms with E-state index < -0.39 is 11.6 Å². The second-order valence-corrected chi connectivity index (χ2v) is 12.0. The van der Waals surface area contributed by atoms with Gasteiger partial charge in [0.05, 0.1) is 29.0 Å². The average Bonchev–Trinajstić information content (AvgIpc) is 3.39. The topological polar surface area (TPSA) is 114 Å². The highest BCUT2D eigenvalue weighted by Crippen LogP contribution is 2.40. The van der Waals surface area contributed by atoms with Crippen LogP contribution in [-0.4, -0.2) is 68.7 Å². The Morgan fingerprint density at radius 2 is 1.86 bits per heavy atom. The minimum Gasteiger partial charge on any atom is -0.458 e. The molecule has 7 rings (SSSR count). The first-order chi connectivity index (χ1) is 20.3. The normalized spacial score (nSPS) is 22.5. The van der Waals surface area contributed by atoms with E-state index in [0.717, 1.165) is 29.4 Å². The van der Waals surface area contributed by atoms with Crippen molar-refractivity contribution in [1.29, 1.82) is 0 Å². The highest BCUT2D eigenvalue weighted by atomic mass is 16.6. The van der Waals surface area contributed by atoms with Crippen molar-refractivity contribution in [3.8, 4) is 17.1 Å². The summed E-state index contributed by atoms with van der Waals surface area (Å²) in [7, 11) is 0. The second-order valence-electron chi connectivity index (χ2n) is 12.0. The van der Waals surface area contributed by atoms with Crippen molar-refractivity contribution in [2.45, 2.75) is 77.2 Å². The molecule has 10 heteroatoms. The molecule has 10 nitrogen and oxygen atoms in total. The highest BCUT2D eigenvalue weighted by Gasteiger charge is 2.45. The number of amides is 1. The number of aromatic nitrogens is 2. The lowest BCUT2D eigenvalue weighted by Crippen LogP contribution is -2.48. The van der Waals surface area contributed by atoms with Crippen LogP contribution >= 0.6 is 0 Å². The van der Waals surface area contributed by atoms with E-state index in [0.29, 0.717) is 59.5 Å². The van der Waals surface area contributed by atoms with Crippen LogP contribution in [0.15, 0.2) is 29.1 Å². The fraction of sp³-hybridized carbons (Fsp3) is 0.500. The summed E-state index contributed by atoms with van der Waals surface area (Å²) in [6, 6.07) is 7.69. The second kappa shape index (κ2) is 10.2. The summed E-state index contributed by atoms with van der Waals surface area (Å²) in [5, 5.41) is 12.0. The third-order valence-corrected chi connectivity index (χ3v) is 9.78. The molecule has 0 bridgehead atoms. The van der Waals surface area contributed by atoms with Gasteiger partial charge < -0.3 is 28.9 Å². The Morgan fingerprint density at radius 1 is 1.10 bits per heavy atom. The molecule has 4 aliphatic rings. The van der Waals surface area contributed by atoms with Crippen LogP contribution in [-0.2, 0) is 28.3 Å². The van der Waals surface area contributed by atoms with E-state index in [1.807, 2.05) is 19.1 Å². The van der Waals surface area contributed by atoms with Crippen LogP contribution in [0.4, 0.5) is 4.79 Å². The molecule has 1 unspecified atom stereocenters. The van der Waals surface area contributed by atoms with Crippen molar-refractivity contribution < 1.29 is 24.2 Å². The molecular formula is C32H36N4O6. The van der Waals surface area contributed by atoms with Gasteiger partial charge in [-0.05, 0) is 81.9 Å². The summed E-state index contributed by atoms with van der Waals surface area (Å²) in [5.74, 6) is -0.279. The van der Waals surface area contributed by atoms with E-state index in [-0.39, 0.29) is 24.7 Å². The van der Waals surface area contributed by atoms with Gasteiger partial charge in [0.15, 0.2) is 5.60 Å². The molecule has 220 valence electrons. The van der Waals surface area contributed by atoms with Crippen LogP contribution in [0.25, 0.3) is 22.3 Å². The van der Waals surface area contributed by atoms with E-state index in [4.69, 9.17) is 14.5 Å². The third kappa shape index (κ3) is 4.22. The number of fused-ring (bicyclic) bond motifs is 5. The fourth-order valence-corrected chi connectivity index (χ4v) is 7.18. The van der Waals surface area contributed by atoms with Gasteiger partial charge in [0.1, 0.15) is 12.4 Å². The van der Waals surface area contributed by atoms with Crippen LogP contribution < -0.4 is 10.3 Å². The molecule has 4 aliphatic heterocycles. The van der Waals surface area contributed by atoms with Gasteiger partial charge in [0.2, 0.25) is 0 Å². The number of hydrogen-bond donors (Lipinski definition) is 1. The van der Waals surface area contributed by atoms with Gasteiger partial charge in [0.25, 0.3) is 5.56 Å². The zero-order valence-electron chi connectivity index (χ0n) is 24.1. The van der Waals surface area contributed by atoms with Crippen molar-refractivity contribution in [1.82, 2.24) is 19.4 Å². The number of esters is 1. The fourth-order valence-electron chi connectivity index (χ4n) is 7.18. The Kier molecular flexibility index (Phi) is 6.58. The minimum atomic E-state index is -1.86. The van der Waals surface area contributed by atoms with Crippen LogP contribution in [0.3, 0.4) is 0 Å². The molecule has 0 radical (unpaired) electrons. The highest BCUT2D eigenvalue weighted by molar-refractivity contribution is 5.90. The van der Waals surface area contributed by atoms with Crippen LogP contribution in [0, 0.1) is 6.92 Å². The molecule has 2 fully saturated rings. The molecule has 0 spiro atoms. The quantitative estimate of drug-likeness (QED) is 0.369. The molecule has 1 N–H and O–H groups in total. The van der Waals surface area contributed by atoms with E-state index in [1.165, 1.54) is 32.4 Å². The molecule has 0 aliphatic carbocycles. The van der Waals surface area contributed by atoms with E-state index >= 15 is 0 Å². The van der Waals surface area contributed by atoms with Crippen molar-refractivity contribution in [3.05, 3.63) is 56.9 Å².